The largest absolute Gasteiger partial charge is 0.310 e. The predicted octanol–water partition coefficient (Wildman–Crippen LogP) is 1.78. The molecule has 2 unspecified atom stereocenters. The van der Waals surface area contributed by atoms with Gasteiger partial charge < -0.3 is 5.32 Å². The Morgan fingerprint density at radius 1 is 1.31 bits per heavy atom. The van der Waals surface area contributed by atoms with Gasteiger partial charge in [0, 0.05) is 0 Å². The molecule has 92 valence electrons. The lowest BCUT2D eigenvalue weighted by Crippen LogP contribution is -2.20. The molecule has 0 aliphatic carbocycles. The van der Waals surface area contributed by atoms with Crippen molar-refractivity contribution in [2.45, 2.75) is 53.1 Å². The summed E-state index contributed by atoms with van der Waals surface area (Å²) in [5, 5.41) is 15.1. The monoisotopic (exact) mass is 225 g/mol. The fourth-order valence-corrected chi connectivity index (χ4v) is 1.76. The highest BCUT2D eigenvalue weighted by molar-refractivity contribution is 4.83. The number of nitrogens with zero attached hydrogens (tertiary/aromatic N) is 4. The Morgan fingerprint density at radius 3 is 2.69 bits per heavy atom. The van der Waals surface area contributed by atoms with Crippen LogP contribution < -0.4 is 5.32 Å². The van der Waals surface area contributed by atoms with Gasteiger partial charge in [-0.05, 0) is 36.2 Å². The van der Waals surface area contributed by atoms with Crippen molar-refractivity contribution in [1.29, 1.82) is 0 Å². The number of hydrogen-bond acceptors (Lipinski definition) is 4. The number of rotatable bonds is 7. The maximum atomic E-state index is 4.07. The molecule has 1 aromatic rings. The zero-order valence-corrected chi connectivity index (χ0v) is 10.8. The van der Waals surface area contributed by atoms with Crippen molar-refractivity contribution in [2.24, 2.45) is 5.92 Å². The SMILES string of the molecule is CCNCc1nnnn1C(C)CC(C)CC. The first-order valence-corrected chi connectivity index (χ1v) is 6.16. The fourth-order valence-electron chi connectivity index (χ4n) is 1.76. The minimum absolute atomic E-state index is 0.374. The van der Waals surface area contributed by atoms with E-state index < -0.39 is 0 Å². The van der Waals surface area contributed by atoms with Crippen LogP contribution in [-0.4, -0.2) is 26.8 Å². The summed E-state index contributed by atoms with van der Waals surface area (Å²) in [5.74, 6) is 1.64. The lowest BCUT2D eigenvalue weighted by Gasteiger charge is -2.17. The first-order chi connectivity index (χ1) is 7.69. The summed E-state index contributed by atoms with van der Waals surface area (Å²) in [5.41, 5.74) is 0. The van der Waals surface area contributed by atoms with Crippen molar-refractivity contribution in [3.8, 4) is 0 Å². The molecule has 1 heterocycles. The summed E-state index contributed by atoms with van der Waals surface area (Å²) in [6.07, 6.45) is 2.33. The third-order valence-electron chi connectivity index (χ3n) is 2.95. The van der Waals surface area contributed by atoms with Gasteiger partial charge in [0.15, 0.2) is 5.82 Å². The molecule has 0 aliphatic heterocycles. The highest BCUT2D eigenvalue weighted by Gasteiger charge is 2.14. The van der Waals surface area contributed by atoms with E-state index in [1.165, 1.54) is 6.42 Å². The third-order valence-corrected chi connectivity index (χ3v) is 2.95. The van der Waals surface area contributed by atoms with E-state index in [-0.39, 0.29) is 0 Å². The van der Waals surface area contributed by atoms with Gasteiger partial charge in [-0.1, -0.05) is 27.2 Å². The molecule has 5 nitrogen and oxygen atoms in total. The molecule has 0 amide bonds. The Labute approximate surface area is 97.6 Å². The molecule has 0 fully saturated rings. The minimum atomic E-state index is 0.374. The molecule has 1 N–H and O–H groups in total. The molecule has 1 rings (SSSR count). The van der Waals surface area contributed by atoms with E-state index in [2.05, 4.69) is 48.5 Å². The van der Waals surface area contributed by atoms with E-state index in [1.54, 1.807) is 0 Å². The van der Waals surface area contributed by atoms with E-state index >= 15 is 0 Å². The van der Waals surface area contributed by atoms with Crippen molar-refractivity contribution in [3.05, 3.63) is 5.82 Å². The van der Waals surface area contributed by atoms with Crippen LogP contribution in [0.1, 0.15) is 52.4 Å². The fraction of sp³-hybridized carbons (Fsp3) is 0.909. The topological polar surface area (TPSA) is 55.6 Å². The molecule has 0 aromatic carbocycles. The van der Waals surface area contributed by atoms with Crippen molar-refractivity contribution in [1.82, 2.24) is 25.5 Å². The van der Waals surface area contributed by atoms with E-state index in [1.807, 2.05) is 4.68 Å². The highest BCUT2D eigenvalue weighted by Crippen LogP contribution is 2.18. The second-order valence-corrected chi connectivity index (χ2v) is 4.42. The quantitative estimate of drug-likeness (QED) is 0.768. The molecule has 0 bridgehead atoms. The first kappa shape index (κ1) is 13.1. The van der Waals surface area contributed by atoms with Gasteiger partial charge in [0.2, 0.25) is 0 Å². The van der Waals surface area contributed by atoms with Gasteiger partial charge in [0.25, 0.3) is 0 Å². The summed E-state index contributed by atoms with van der Waals surface area (Å²) in [7, 11) is 0. The Bertz CT molecular complexity index is 296. The Morgan fingerprint density at radius 2 is 2.06 bits per heavy atom. The maximum Gasteiger partial charge on any atom is 0.165 e. The molecule has 16 heavy (non-hydrogen) atoms. The Kier molecular flexibility index (Phi) is 5.38. The van der Waals surface area contributed by atoms with Gasteiger partial charge in [-0.3, -0.25) is 0 Å². The molecule has 0 aliphatic rings. The van der Waals surface area contributed by atoms with Crippen molar-refractivity contribution in [3.63, 3.8) is 0 Å². The average Bonchev–Trinajstić information content (AvgIpc) is 2.74. The molecular formula is C11H23N5. The summed E-state index contributed by atoms with van der Waals surface area (Å²) in [6, 6.07) is 0.374. The first-order valence-electron chi connectivity index (χ1n) is 6.16. The van der Waals surface area contributed by atoms with Crippen LogP contribution in [0.2, 0.25) is 0 Å². The van der Waals surface area contributed by atoms with E-state index in [0.29, 0.717) is 12.0 Å². The summed E-state index contributed by atoms with van der Waals surface area (Å²) in [4.78, 5) is 0. The number of tetrazole rings is 1. The smallest absolute Gasteiger partial charge is 0.165 e. The summed E-state index contributed by atoms with van der Waals surface area (Å²) < 4.78 is 1.94. The molecule has 5 heteroatoms. The van der Waals surface area contributed by atoms with Crippen LogP contribution in [0.3, 0.4) is 0 Å². The van der Waals surface area contributed by atoms with Crippen molar-refractivity contribution in [2.75, 3.05) is 6.54 Å². The van der Waals surface area contributed by atoms with Crippen LogP contribution in [0, 0.1) is 5.92 Å². The molecule has 2 atom stereocenters. The predicted molar refractivity (Wildman–Crippen MR) is 64.0 cm³/mol. The molecule has 0 saturated carbocycles. The number of nitrogens with one attached hydrogen (secondary N) is 1. The molecule has 0 spiro atoms. The van der Waals surface area contributed by atoms with Crippen LogP contribution in [-0.2, 0) is 6.54 Å². The van der Waals surface area contributed by atoms with E-state index in [9.17, 15) is 0 Å². The Balaban J connectivity index is 2.60. The zero-order valence-electron chi connectivity index (χ0n) is 10.8. The zero-order chi connectivity index (χ0) is 12.0. The summed E-state index contributed by atoms with van der Waals surface area (Å²) in [6.45, 7) is 10.4. The lowest BCUT2D eigenvalue weighted by molar-refractivity contribution is 0.358. The van der Waals surface area contributed by atoms with Gasteiger partial charge in [-0.15, -0.1) is 5.10 Å². The van der Waals surface area contributed by atoms with Crippen molar-refractivity contribution >= 4 is 0 Å². The minimum Gasteiger partial charge on any atom is -0.310 e. The standard InChI is InChI=1S/C11H23N5/c1-5-9(3)7-10(4)16-11(8-12-6-2)13-14-15-16/h9-10,12H,5-8H2,1-4H3. The molecular weight excluding hydrogens is 202 g/mol. The van der Waals surface area contributed by atoms with Gasteiger partial charge in [-0.2, -0.15) is 0 Å². The maximum absolute atomic E-state index is 4.07. The van der Waals surface area contributed by atoms with Gasteiger partial charge >= 0.3 is 0 Å². The third kappa shape index (κ3) is 3.56. The van der Waals surface area contributed by atoms with Crippen LogP contribution >= 0.6 is 0 Å². The second-order valence-electron chi connectivity index (χ2n) is 4.42. The lowest BCUT2D eigenvalue weighted by atomic mass is 10.0. The van der Waals surface area contributed by atoms with Crippen LogP contribution in [0.15, 0.2) is 0 Å². The van der Waals surface area contributed by atoms with Crippen LogP contribution in [0.5, 0.6) is 0 Å². The normalized spacial score (nSPS) is 15.0. The Hall–Kier alpha value is -0.970. The van der Waals surface area contributed by atoms with Gasteiger partial charge in [0.1, 0.15) is 0 Å². The van der Waals surface area contributed by atoms with Crippen LogP contribution in [0.25, 0.3) is 0 Å². The van der Waals surface area contributed by atoms with Gasteiger partial charge in [-0.25, -0.2) is 4.68 Å². The van der Waals surface area contributed by atoms with Crippen LogP contribution in [0.4, 0.5) is 0 Å². The van der Waals surface area contributed by atoms with E-state index in [0.717, 1.165) is 25.3 Å². The number of aromatic nitrogens is 4. The molecule has 0 radical (unpaired) electrons. The highest BCUT2D eigenvalue weighted by atomic mass is 15.6. The van der Waals surface area contributed by atoms with E-state index in [4.69, 9.17) is 0 Å². The second kappa shape index (κ2) is 6.58. The van der Waals surface area contributed by atoms with Crippen molar-refractivity contribution < 1.29 is 0 Å². The number of hydrogen-bond donors (Lipinski definition) is 1. The van der Waals surface area contributed by atoms with Gasteiger partial charge in [0.05, 0.1) is 12.6 Å². The summed E-state index contributed by atoms with van der Waals surface area (Å²) >= 11 is 0. The molecule has 1 aromatic heterocycles. The average molecular weight is 225 g/mol. The molecule has 0 saturated heterocycles.